The summed E-state index contributed by atoms with van der Waals surface area (Å²) in [6.45, 7) is 10.6. The maximum absolute atomic E-state index is 14.9. The van der Waals surface area contributed by atoms with Crippen molar-refractivity contribution >= 4 is 44.6 Å². The van der Waals surface area contributed by atoms with Crippen LogP contribution in [0.5, 0.6) is 11.6 Å². The second kappa shape index (κ2) is 15.5. The third kappa shape index (κ3) is 8.59. The van der Waals surface area contributed by atoms with Gasteiger partial charge in [0, 0.05) is 17.7 Å². The Balaban J connectivity index is 1.38. The van der Waals surface area contributed by atoms with E-state index in [0.29, 0.717) is 48.6 Å². The minimum atomic E-state index is -4.03. The lowest BCUT2D eigenvalue weighted by molar-refractivity contribution is -0.142. The van der Waals surface area contributed by atoms with Crippen LogP contribution in [0.15, 0.2) is 36.5 Å². The first kappa shape index (κ1) is 41.2. The van der Waals surface area contributed by atoms with E-state index in [1.807, 2.05) is 19.1 Å². The lowest BCUT2D eigenvalue weighted by Gasteiger charge is -2.34. The average molecular weight is 800 g/mol. The second-order valence-corrected chi connectivity index (χ2v) is 19.3. The normalized spacial score (nSPS) is 29.8. The van der Waals surface area contributed by atoms with E-state index in [9.17, 15) is 32.0 Å². The fourth-order valence-corrected chi connectivity index (χ4v) is 9.14. The molecule has 0 radical (unpaired) electrons. The highest BCUT2D eigenvalue weighted by Gasteiger charge is 2.63. The van der Waals surface area contributed by atoms with Crippen molar-refractivity contribution in [3.8, 4) is 11.6 Å². The first-order chi connectivity index (χ1) is 26.3. The van der Waals surface area contributed by atoms with Crippen LogP contribution in [0.25, 0.3) is 10.8 Å². The molecule has 2 unspecified atom stereocenters. The molecule has 0 spiro atoms. The van der Waals surface area contributed by atoms with Gasteiger partial charge in [0.2, 0.25) is 27.7 Å². The molecule has 14 nitrogen and oxygen atoms in total. The SMILES string of the molecule is CC[C@@H]1C[C@H](C)CC/C=C\C2CC2(C(=O)NS(=O)(=O)C2(C)CC2)NC(=O)[C@@H]2C[C@@H](Oc3ncc(OC)c4ccc(F)cc34)CN2C(=O)[C@H]1NC(=O)OC(C)(C)C. The molecule has 0 bridgehead atoms. The number of nitrogens with one attached hydrogen (secondary N) is 3. The summed E-state index contributed by atoms with van der Waals surface area (Å²) in [6.07, 6.45) is 7.08. The monoisotopic (exact) mass is 799 g/mol. The van der Waals surface area contributed by atoms with E-state index >= 15 is 0 Å². The Morgan fingerprint density at radius 1 is 1.14 bits per heavy atom. The Morgan fingerprint density at radius 2 is 1.88 bits per heavy atom. The number of nitrogens with zero attached hydrogens (tertiary/aromatic N) is 2. The van der Waals surface area contributed by atoms with Gasteiger partial charge in [-0.15, -0.1) is 0 Å². The number of methoxy groups -OCH3 is 1. The van der Waals surface area contributed by atoms with Crippen molar-refractivity contribution in [2.45, 2.75) is 127 Å². The van der Waals surface area contributed by atoms with Crippen LogP contribution in [-0.4, -0.2) is 89.8 Å². The van der Waals surface area contributed by atoms with Gasteiger partial charge in [-0.25, -0.2) is 22.6 Å². The van der Waals surface area contributed by atoms with E-state index in [0.717, 1.165) is 6.42 Å². The molecule has 16 heteroatoms. The lowest BCUT2D eigenvalue weighted by Crippen LogP contribution is -2.59. The molecule has 4 amide bonds. The first-order valence-electron chi connectivity index (χ1n) is 19.4. The van der Waals surface area contributed by atoms with Gasteiger partial charge in [-0.05, 0) is 96.3 Å². The van der Waals surface area contributed by atoms with Gasteiger partial charge in [0.25, 0.3) is 5.91 Å². The summed E-state index contributed by atoms with van der Waals surface area (Å²) in [5.41, 5.74) is -2.42. The van der Waals surface area contributed by atoms with E-state index in [1.54, 1.807) is 33.8 Å². The molecule has 56 heavy (non-hydrogen) atoms. The Labute approximate surface area is 327 Å². The van der Waals surface area contributed by atoms with Gasteiger partial charge >= 0.3 is 6.09 Å². The summed E-state index contributed by atoms with van der Waals surface area (Å²) >= 11 is 0. The summed E-state index contributed by atoms with van der Waals surface area (Å²) in [5, 5.41) is 6.56. The molecule has 6 rings (SSSR count). The molecule has 3 N–H and O–H groups in total. The maximum Gasteiger partial charge on any atom is 0.408 e. The number of fused-ring (bicyclic) bond motifs is 3. The summed E-state index contributed by atoms with van der Waals surface area (Å²) in [5.74, 6) is -2.82. The Hall–Kier alpha value is -4.47. The molecule has 7 atom stereocenters. The number of halogens is 1. The Kier molecular flexibility index (Phi) is 11.4. The number of alkyl carbamates (subject to hydrolysis) is 1. The molecule has 2 aromatic rings. The number of benzene rings is 1. The summed E-state index contributed by atoms with van der Waals surface area (Å²) in [6, 6.07) is 1.80. The minimum absolute atomic E-state index is 0.0526. The van der Waals surface area contributed by atoms with Gasteiger partial charge in [0.15, 0.2) is 0 Å². The van der Waals surface area contributed by atoms with Crippen LogP contribution >= 0.6 is 0 Å². The van der Waals surface area contributed by atoms with Gasteiger partial charge in [-0.3, -0.25) is 19.1 Å². The molecular weight excluding hydrogens is 746 g/mol. The lowest BCUT2D eigenvalue weighted by atomic mass is 9.85. The molecule has 1 aromatic carbocycles. The number of hydrogen-bond acceptors (Lipinski definition) is 10. The van der Waals surface area contributed by atoms with Crippen molar-refractivity contribution in [2.75, 3.05) is 13.7 Å². The molecular formula is C40H54FN5O9S. The Bertz CT molecular complexity index is 2020. The maximum atomic E-state index is 14.9. The van der Waals surface area contributed by atoms with Crippen molar-refractivity contribution in [3.63, 3.8) is 0 Å². The van der Waals surface area contributed by atoms with Crippen molar-refractivity contribution in [1.29, 1.82) is 0 Å². The molecule has 3 fully saturated rings. The number of sulfonamides is 1. The molecule has 2 saturated carbocycles. The van der Waals surface area contributed by atoms with Crippen molar-refractivity contribution < 1.29 is 46.2 Å². The number of ether oxygens (including phenoxy) is 3. The average Bonchev–Trinajstić information content (AvgIpc) is 4.00. The fraction of sp³-hybridized carbons (Fsp3) is 0.625. The predicted molar refractivity (Wildman–Crippen MR) is 206 cm³/mol. The van der Waals surface area contributed by atoms with Crippen molar-refractivity contribution in [3.05, 3.63) is 42.4 Å². The number of carbonyl (C=O) groups is 4. The number of pyridine rings is 1. The molecule has 3 heterocycles. The van der Waals surface area contributed by atoms with Crippen molar-refractivity contribution in [1.82, 2.24) is 25.2 Å². The third-order valence-electron chi connectivity index (χ3n) is 11.6. The smallest absolute Gasteiger partial charge is 0.408 e. The van der Waals surface area contributed by atoms with Crippen LogP contribution in [0.3, 0.4) is 0 Å². The number of rotatable bonds is 8. The van der Waals surface area contributed by atoms with Crippen LogP contribution in [0.2, 0.25) is 0 Å². The number of carbonyl (C=O) groups excluding carboxylic acids is 4. The highest BCUT2D eigenvalue weighted by molar-refractivity contribution is 7.91. The van der Waals surface area contributed by atoms with Gasteiger partial charge in [-0.2, -0.15) is 0 Å². The zero-order valence-electron chi connectivity index (χ0n) is 33.1. The Morgan fingerprint density at radius 3 is 2.54 bits per heavy atom. The van der Waals surface area contributed by atoms with Gasteiger partial charge in [0.1, 0.15) is 40.9 Å². The molecule has 4 aliphatic rings. The minimum Gasteiger partial charge on any atom is -0.494 e. The van der Waals surface area contributed by atoms with Crippen LogP contribution in [0.1, 0.15) is 92.9 Å². The zero-order chi connectivity index (χ0) is 40.8. The van der Waals surface area contributed by atoms with E-state index < -0.39 is 79.6 Å². The standard InChI is InChI=1S/C40H54FN5O9S/c1-8-24-17-23(2)11-9-10-12-25-20-40(25,36(49)45-56(51,52)39(6)15-16-39)44-33(47)30-19-27(22-46(30)35(48)32(24)43-37(50)55-38(3,4)5)54-34-29-18-26(41)13-14-28(29)31(53-7)21-42-34/h10,12-14,18,21,23-25,27,30,32H,8-9,11,15-17,19-20,22H2,1-7H3,(H,43,50)(H,44,47)(H,45,49)/b12-10-/t23-,24-,25?,27-,30+,32+,40?/m1/s1. The fourth-order valence-electron chi connectivity index (χ4n) is 7.83. The molecule has 2 aliphatic heterocycles. The topological polar surface area (TPSA) is 182 Å². The van der Waals surface area contributed by atoms with Crippen LogP contribution in [-0.2, 0) is 29.1 Å². The van der Waals surface area contributed by atoms with E-state index in [1.165, 1.54) is 30.3 Å². The van der Waals surface area contributed by atoms with E-state index in [4.69, 9.17) is 14.2 Å². The van der Waals surface area contributed by atoms with Crippen LogP contribution in [0.4, 0.5) is 9.18 Å². The first-order valence-corrected chi connectivity index (χ1v) is 20.9. The molecule has 1 saturated heterocycles. The van der Waals surface area contributed by atoms with Crippen molar-refractivity contribution in [2.24, 2.45) is 17.8 Å². The van der Waals surface area contributed by atoms with Crippen LogP contribution in [0, 0.1) is 23.6 Å². The highest BCUT2D eigenvalue weighted by atomic mass is 32.2. The largest absolute Gasteiger partial charge is 0.494 e. The van der Waals surface area contributed by atoms with Gasteiger partial charge in [0.05, 0.1) is 30.0 Å². The molecule has 306 valence electrons. The number of amides is 4. The highest BCUT2D eigenvalue weighted by Crippen LogP contribution is 2.48. The number of allylic oxidation sites excluding steroid dienone is 1. The quantitative estimate of drug-likeness (QED) is 0.311. The summed E-state index contributed by atoms with van der Waals surface area (Å²) < 4.78 is 59.5. The number of aromatic nitrogens is 1. The zero-order valence-corrected chi connectivity index (χ0v) is 34.0. The predicted octanol–water partition coefficient (Wildman–Crippen LogP) is 4.90. The van der Waals surface area contributed by atoms with E-state index in [-0.39, 0.29) is 37.1 Å². The van der Waals surface area contributed by atoms with Crippen LogP contribution < -0.4 is 24.8 Å². The summed E-state index contributed by atoms with van der Waals surface area (Å²) in [4.78, 5) is 62.4. The molecule has 1 aromatic heterocycles. The van der Waals surface area contributed by atoms with E-state index in [2.05, 4.69) is 27.3 Å². The van der Waals surface area contributed by atoms with Gasteiger partial charge < -0.3 is 29.7 Å². The third-order valence-corrected chi connectivity index (χ3v) is 13.7. The summed E-state index contributed by atoms with van der Waals surface area (Å²) in [7, 11) is -2.56. The second-order valence-electron chi connectivity index (χ2n) is 17.1. The van der Waals surface area contributed by atoms with Gasteiger partial charge in [-0.1, -0.05) is 32.4 Å². The number of hydrogen-bond donors (Lipinski definition) is 3. The molecule has 2 aliphatic carbocycles.